The zero-order chi connectivity index (χ0) is 22.0. The lowest BCUT2D eigenvalue weighted by Crippen LogP contribution is -2.05. The van der Waals surface area contributed by atoms with E-state index >= 15 is 0 Å². The average molecular weight is 503 g/mol. The van der Waals surface area contributed by atoms with Crippen LogP contribution in [0.1, 0.15) is 0 Å². The van der Waals surface area contributed by atoms with Crippen LogP contribution in [0, 0.1) is 5.82 Å². The fourth-order valence-corrected chi connectivity index (χ4v) is 4.37. The second kappa shape index (κ2) is 8.52. The first-order valence-corrected chi connectivity index (χ1v) is 11.3. The highest BCUT2D eigenvalue weighted by Crippen LogP contribution is 2.35. The van der Waals surface area contributed by atoms with E-state index in [1.165, 1.54) is 30.3 Å². The fraction of sp³-hybridized carbons (Fsp3) is 0.0455. The van der Waals surface area contributed by atoms with E-state index in [4.69, 9.17) is 9.15 Å². The second-order valence-electron chi connectivity index (χ2n) is 6.44. The molecule has 0 aliphatic carbocycles. The van der Waals surface area contributed by atoms with Crippen molar-refractivity contribution in [3.8, 4) is 17.2 Å². The predicted molar refractivity (Wildman–Crippen MR) is 118 cm³/mol. The Bertz CT molecular complexity index is 1320. The van der Waals surface area contributed by atoms with E-state index in [1.807, 2.05) is 0 Å². The van der Waals surface area contributed by atoms with Gasteiger partial charge >= 0.3 is 0 Å². The number of benzene rings is 3. The van der Waals surface area contributed by atoms with Crippen LogP contribution in [0.4, 0.5) is 16.0 Å². The third-order valence-electron chi connectivity index (χ3n) is 4.43. The summed E-state index contributed by atoms with van der Waals surface area (Å²) in [6, 6.07) is 18.8. The maximum absolute atomic E-state index is 14.3. The molecule has 0 saturated carbocycles. The molecule has 1 aromatic heterocycles. The first-order chi connectivity index (χ1) is 14.9. The minimum Gasteiger partial charge on any atom is -0.497 e. The molecule has 1 heterocycles. The van der Waals surface area contributed by atoms with Gasteiger partial charge in [0.25, 0.3) is 0 Å². The highest BCUT2D eigenvalue weighted by molar-refractivity contribution is 9.10. The number of anilines is 2. The van der Waals surface area contributed by atoms with E-state index in [0.29, 0.717) is 11.4 Å². The van der Waals surface area contributed by atoms with E-state index in [9.17, 15) is 12.8 Å². The van der Waals surface area contributed by atoms with Gasteiger partial charge in [0.2, 0.25) is 26.6 Å². The average Bonchev–Trinajstić information content (AvgIpc) is 3.19. The predicted octanol–water partition coefficient (Wildman–Crippen LogP) is 5.83. The molecule has 0 atom stereocenters. The summed E-state index contributed by atoms with van der Waals surface area (Å²) in [5.41, 5.74) is 0.599. The molecule has 0 amide bonds. The lowest BCUT2D eigenvalue weighted by atomic mass is 10.2. The maximum atomic E-state index is 14.3. The van der Waals surface area contributed by atoms with Crippen molar-refractivity contribution in [2.24, 2.45) is 0 Å². The molecule has 0 aliphatic heterocycles. The highest BCUT2D eigenvalue weighted by Gasteiger charge is 2.29. The summed E-state index contributed by atoms with van der Waals surface area (Å²) in [5.74, 6) is -0.207. The molecular formula is C22H16BrFN2O4S. The largest absolute Gasteiger partial charge is 0.497 e. The van der Waals surface area contributed by atoms with Gasteiger partial charge in [0.1, 0.15) is 11.6 Å². The lowest BCUT2D eigenvalue weighted by molar-refractivity contribution is 0.415. The van der Waals surface area contributed by atoms with Crippen molar-refractivity contribution in [2.45, 2.75) is 9.92 Å². The van der Waals surface area contributed by atoms with Crippen LogP contribution in [0.25, 0.3) is 11.5 Å². The summed E-state index contributed by atoms with van der Waals surface area (Å²) in [6.45, 7) is 0. The zero-order valence-electron chi connectivity index (χ0n) is 16.2. The van der Waals surface area contributed by atoms with Gasteiger partial charge in [0.15, 0.2) is 0 Å². The molecule has 1 N–H and O–H groups in total. The van der Waals surface area contributed by atoms with Gasteiger partial charge in [-0.3, -0.25) is 0 Å². The number of sulfone groups is 1. The van der Waals surface area contributed by atoms with E-state index in [2.05, 4.69) is 26.2 Å². The van der Waals surface area contributed by atoms with Crippen molar-refractivity contribution >= 4 is 37.3 Å². The molecule has 0 aliphatic rings. The molecule has 3 aromatic carbocycles. The third kappa shape index (κ3) is 4.33. The van der Waals surface area contributed by atoms with E-state index in [1.54, 1.807) is 49.6 Å². The van der Waals surface area contributed by atoms with Gasteiger partial charge in [0.05, 0.1) is 17.6 Å². The molecule has 4 rings (SSSR count). The van der Waals surface area contributed by atoms with Crippen molar-refractivity contribution in [3.05, 3.63) is 83.1 Å². The number of halogens is 2. The first-order valence-electron chi connectivity index (χ1n) is 9.06. The molecule has 4 aromatic rings. The van der Waals surface area contributed by atoms with Crippen LogP contribution in [-0.4, -0.2) is 20.5 Å². The van der Waals surface area contributed by atoms with Crippen LogP contribution >= 0.6 is 15.9 Å². The van der Waals surface area contributed by atoms with Gasteiger partial charge in [-0.05, 0) is 60.7 Å². The van der Waals surface area contributed by atoms with E-state index < -0.39 is 15.7 Å². The Morgan fingerprint density at radius 2 is 1.68 bits per heavy atom. The van der Waals surface area contributed by atoms with Gasteiger partial charge in [-0.25, -0.2) is 12.8 Å². The van der Waals surface area contributed by atoms with Crippen molar-refractivity contribution in [2.75, 3.05) is 12.4 Å². The van der Waals surface area contributed by atoms with Crippen molar-refractivity contribution < 1.29 is 22.0 Å². The summed E-state index contributed by atoms with van der Waals surface area (Å²) in [7, 11) is -2.51. The summed E-state index contributed by atoms with van der Waals surface area (Å²) >= 11 is 3.29. The van der Waals surface area contributed by atoms with Gasteiger partial charge in [-0.1, -0.05) is 28.1 Å². The Balaban J connectivity index is 1.83. The Hall–Kier alpha value is -3.17. The maximum Gasteiger partial charge on any atom is 0.238 e. The molecule has 0 bridgehead atoms. The minimum atomic E-state index is -4.05. The van der Waals surface area contributed by atoms with Gasteiger partial charge < -0.3 is 14.5 Å². The molecule has 0 unspecified atom stereocenters. The normalized spacial score (nSPS) is 11.3. The van der Waals surface area contributed by atoms with Crippen LogP contribution in [0.5, 0.6) is 5.75 Å². The molecule has 158 valence electrons. The number of hydrogen-bond donors (Lipinski definition) is 1. The molecule has 0 radical (unpaired) electrons. The lowest BCUT2D eigenvalue weighted by Gasteiger charge is -2.07. The number of rotatable bonds is 6. The van der Waals surface area contributed by atoms with Crippen LogP contribution in [0.3, 0.4) is 0 Å². The number of nitrogens with zero attached hydrogens (tertiary/aromatic N) is 1. The van der Waals surface area contributed by atoms with Crippen LogP contribution in [0.2, 0.25) is 0 Å². The molecule has 31 heavy (non-hydrogen) atoms. The zero-order valence-corrected chi connectivity index (χ0v) is 18.6. The Labute approximate surface area is 186 Å². The number of hydrogen-bond acceptors (Lipinski definition) is 6. The first kappa shape index (κ1) is 21.1. The molecule has 6 nitrogen and oxygen atoms in total. The monoisotopic (exact) mass is 502 g/mol. The number of methoxy groups -OCH3 is 1. The Morgan fingerprint density at radius 1 is 1.00 bits per heavy atom. The van der Waals surface area contributed by atoms with Crippen molar-refractivity contribution in [3.63, 3.8) is 0 Å². The fourth-order valence-electron chi connectivity index (χ4n) is 2.85. The van der Waals surface area contributed by atoms with Crippen LogP contribution in [0.15, 0.2) is 91.6 Å². The molecule has 9 heteroatoms. The molecular weight excluding hydrogens is 487 g/mol. The van der Waals surface area contributed by atoms with Crippen LogP contribution in [-0.2, 0) is 9.84 Å². The second-order valence-corrected chi connectivity index (χ2v) is 9.22. The smallest absolute Gasteiger partial charge is 0.238 e. The summed E-state index contributed by atoms with van der Waals surface area (Å²) in [6.07, 6.45) is 0. The molecule has 0 saturated heterocycles. The Kier molecular flexibility index (Phi) is 5.79. The number of ether oxygens (including phenoxy) is 1. The van der Waals surface area contributed by atoms with Gasteiger partial charge in [0, 0.05) is 10.2 Å². The number of nitrogens with one attached hydrogen (secondary N) is 1. The third-order valence-corrected chi connectivity index (χ3v) is 6.63. The highest BCUT2D eigenvalue weighted by atomic mass is 79.9. The van der Waals surface area contributed by atoms with Crippen LogP contribution < -0.4 is 10.1 Å². The summed E-state index contributed by atoms with van der Waals surface area (Å²) < 4.78 is 52.4. The Morgan fingerprint density at radius 3 is 2.32 bits per heavy atom. The quantitative estimate of drug-likeness (QED) is 0.357. The standard InChI is InChI=1S/C22H16BrFN2O4S/c1-29-16-10-8-15(9-11-16)25-21-22(31(27,28)17-12-6-14(23)7-13-17)26-20(30-21)18-4-2-3-5-19(18)24/h2-13,25H,1H3. The molecule has 0 spiro atoms. The van der Waals surface area contributed by atoms with Crippen molar-refractivity contribution in [1.29, 1.82) is 0 Å². The van der Waals surface area contributed by atoms with Crippen molar-refractivity contribution in [1.82, 2.24) is 4.98 Å². The van der Waals surface area contributed by atoms with Gasteiger partial charge in [-0.2, -0.15) is 4.98 Å². The number of aromatic nitrogens is 1. The summed E-state index contributed by atoms with van der Waals surface area (Å²) in [4.78, 5) is 4.18. The topological polar surface area (TPSA) is 81.4 Å². The van der Waals surface area contributed by atoms with E-state index in [-0.39, 0.29) is 27.3 Å². The SMILES string of the molecule is COc1ccc(Nc2oc(-c3ccccc3F)nc2S(=O)(=O)c2ccc(Br)cc2)cc1. The molecule has 0 fully saturated rings. The minimum absolute atomic E-state index is 0.0295. The van der Waals surface area contributed by atoms with E-state index in [0.717, 1.165) is 4.47 Å². The number of oxazole rings is 1. The summed E-state index contributed by atoms with van der Waals surface area (Å²) in [5, 5.41) is 2.58. The van der Waals surface area contributed by atoms with Gasteiger partial charge in [-0.15, -0.1) is 0 Å².